The van der Waals surface area contributed by atoms with Crippen LogP contribution in [0.4, 0.5) is 10.1 Å². The summed E-state index contributed by atoms with van der Waals surface area (Å²) in [6.45, 7) is 5.71. The van der Waals surface area contributed by atoms with Crippen LogP contribution in [0.3, 0.4) is 0 Å². The van der Waals surface area contributed by atoms with E-state index in [0.717, 1.165) is 30.8 Å². The molecule has 1 saturated carbocycles. The number of carbonyl (C=O) groups excluding carboxylic acids is 1. The molecule has 1 aromatic heterocycles. The van der Waals surface area contributed by atoms with Crippen molar-refractivity contribution in [3.63, 3.8) is 0 Å². The Kier molecular flexibility index (Phi) is 5.06. The summed E-state index contributed by atoms with van der Waals surface area (Å²) in [5, 5.41) is 0. The molecule has 0 bridgehead atoms. The van der Waals surface area contributed by atoms with Crippen LogP contribution >= 0.6 is 0 Å². The van der Waals surface area contributed by atoms with Crippen LogP contribution in [-0.2, 0) is 4.74 Å². The number of pyridine rings is 1. The quantitative estimate of drug-likeness (QED) is 0.811. The molecule has 2 aromatic rings. The second-order valence-corrected chi connectivity index (χ2v) is 7.94. The Morgan fingerprint density at radius 2 is 1.96 bits per heavy atom. The first-order valence-electron chi connectivity index (χ1n) is 9.81. The molecule has 0 radical (unpaired) electrons. The minimum atomic E-state index is -0.236. The van der Waals surface area contributed by atoms with Gasteiger partial charge < -0.3 is 14.5 Å². The van der Waals surface area contributed by atoms with Crippen molar-refractivity contribution >= 4 is 11.6 Å². The molecular formula is C22H26FN3O2. The number of morpholine rings is 1. The van der Waals surface area contributed by atoms with Crippen LogP contribution in [0.5, 0.6) is 0 Å². The zero-order valence-electron chi connectivity index (χ0n) is 16.5. The maximum Gasteiger partial charge on any atom is 0.272 e. The predicted octanol–water partition coefficient (Wildman–Crippen LogP) is 3.46. The summed E-state index contributed by atoms with van der Waals surface area (Å²) in [7, 11) is 1.81. The summed E-state index contributed by atoms with van der Waals surface area (Å²) >= 11 is 0. The van der Waals surface area contributed by atoms with E-state index in [1.807, 2.05) is 18.2 Å². The van der Waals surface area contributed by atoms with Gasteiger partial charge in [0.25, 0.3) is 5.91 Å². The summed E-state index contributed by atoms with van der Waals surface area (Å²) < 4.78 is 19.3. The van der Waals surface area contributed by atoms with E-state index >= 15 is 0 Å². The van der Waals surface area contributed by atoms with Crippen LogP contribution in [0.1, 0.15) is 42.2 Å². The van der Waals surface area contributed by atoms with E-state index in [-0.39, 0.29) is 35.9 Å². The molecule has 2 fully saturated rings. The van der Waals surface area contributed by atoms with Crippen molar-refractivity contribution < 1.29 is 13.9 Å². The van der Waals surface area contributed by atoms with Crippen molar-refractivity contribution in [1.29, 1.82) is 0 Å². The third kappa shape index (κ3) is 3.87. The van der Waals surface area contributed by atoms with Gasteiger partial charge in [-0.25, -0.2) is 4.39 Å². The van der Waals surface area contributed by atoms with E-state index in [9.17, 15) is 9.18 Å². The molecule has 0 N–H and O–H groups in total. The Hall–Kier alpha value is -2.47. The SMILES string of the molecule is C[C@@H]1CN(c2ccnc(C(=O)N(C)[C@@H]3C[C@H]3c3cccc(F)c3)c2)C[C@H](C)O1. The first-order valence-corrected chi connectivity index (χ1v) is 9.81. The van der Waals surface area contributed by atoms with Gasteiger partial charge in [0.05, 0.1) is 12.2 Å². The highest BCUT2D eigenvalue weighted by molar-refractivity contribution is 5.93. The number of anilines is 1. The maximum atomic E-state index is 13.5. The molecule has 4 rings (SSSR count). The largest absolute Gasteiger partial charge is 0.372 e. The molecule has 2 aliphatic rings. The molecule has 5 nitrogen and oxygen atoms in total. The van der Waals surface area contributed by atoms with E-state index in [4.69, 9.17) is 4.74 Å². The van der Waals surface area contributed by atoms with Crippen LogP contribution in [0.25, 0.3) is 0 Å². The Labute approximate surface area is 165 Å². The standard InChI is InChI=1S/C22H26FN3O2/c1-14-12-26(13-15(2)28-14)18-7-8-24-20(10-18)22(27)25(3)21-11-19(21)16-5-4-6-17(23)9-16/h4-10,14-15,19,21H,11-13H2,1-3H3/t14-,15+,19-,21+/m0/s1. The second-order valence-electron chi connectivity index (χ2n) is 7.94. The van der Waals surface area contributed by atoms with Crippen LogP contribution in [0, 0.1) is 5.82 Å². The van der Waals surface area contributed by atoms with Crippen molar-refractivity contribution in [2.75, 3.05) is 25.0 Å². The van der Waals surface area contributed by atoms with Crippen LogP contribution in [0.15, 0.2) is 42.6 Å². The molecule has 6 heteroatoms. The van der Waals surface area contributed by atoms with Crippen molar-refractivity contribution in [3.05, 3.63) is 59.7 Å². The first-order chi connectivity index (χ1) is 13.4. The van der Waals surface area contributed by atoms with Crippen molar-refractivity contribution in [2.45, 2.75) is 44.4 Å². The Morgan fingerprint density at radius 3 is 2.68 bits per heavy atom. The molecular weight excluding hydrogens is 357 g/mol. The third-order valence-electron chi connectivity index (χ3n) is 5.60. The second kappa shape index (κ2) is 7.51. The summed E-state index contributed by atoms with van der Waals surface area (Å²) in [4.78, 5) is 21.3. The molecule has 1 aliphatic carbocycles. The van der Waals surface area contributed by atoms with Gasteiger partial charge >= 0.3 is 0 Å². The van der Waals surface area contributed by atoms with Gasteiger partial charge in [0.15, 0.2) is 0 Å². The summed E-state index contributed by atoms with van der Waals surface area (Å²) in [6.07, 6.45) is 2.84. The highest BCUT2D eigenvalue weighted by atomic mass is 19.1. The molecule has 4 atom stereocenters. The average molecular weight is 383 g/mol. The van der Waals surface area contributed by atoms with Gasteiger partial charge in [-0.1, -0.05) is 12.1 Å². The molecule has 1 amide bonds. The molecule has 0 spiro atoms. The fourth-order valence-corrected chi connectivity index (χ4v) is 4.16. The van der Waals surface area contributed by atoms with Crippen molar-refractivity contribution in [1.82, 2.24) is 9.88 Å². The number of benzene rings is 1. The van der Waals surface area contributed by atoms with E-state index in [1.54, 1.807) is 30.3 Å². The Morgan fingerprint density at radius 1 is 1.21 bits per heavy atom. The van der Waals surface area contributed by atoms with Crippen molar-refractivity contribution in [2.24, 2.45) is 0 Å². The lowest BCUT2D eigenvalue weighted by atomic mass is 10.1. The number of halogens is 1. The molecule has 28 heavy (non-hydrogen) atoms. The summed E-state index contributed by atoms with van der Waals surface area (Å²) in [6, 6.07) is 10.5. The topological polar surface area (TPSA) is 45.7 Å². The summed E-state index contributed by atoms with van der Waals surface area (Å²) in [5.74, 6) is -0.144. The molecule has 148 valence electrons. The summed E-state index contributed by atoms with van der Waals surface area (Å²) in [5.41, 5.74) is 2.38. The third-order valence-corrected chi connectivity index (χ3v) is 5.60. The molecule has 1 aliphatic heterocycles. The number of hydrogen-bond acceptors (Lipinski definition) is 4. The molecule has 0 unspecified atom stereocenters. The number of carbonyl (C=O) groups is 1. The highest BCUT2D eigenvalue weighted by Gasteiger charge is 2.43. The number of aromatic nitrogens is 1. The van der Waals surface area contributed by atoms with Crippen LogP contribution < -0.4 is 4.90 Å². The van der Waals surface area contributed by atoms with Crippen molar-refractivity contribution in [3.8, 4) is 0 Å². The minimum absolute atomic E-state index is 0.0863. The number of nitrogens with zero attached hydrogens (tertiary/aromatic N) is 3. The zero-order valence-corrected chi connectivity index (χ0v) is 16.5. The van der Waals surface area contributed by atoms with Gasteiger partial charge in [-0.3, -0.25) is 9.78 Å². The highest BCUT2D eigenvalue weighted by Crippen LogP contribution is 2.44. The number of hydrogen-bond donors (Lipinski definition) is 0. The maximum absolute atomic E-state index is 13.5. The smallest absolute Gasteiger partial charge is 0.272 e. The number of ether oxygens (including phenoxy) is 1. The van der Waals surface area contributed by atoms with Crippen LogP contribution in [-0.4, -0.2) is 54.2 Å². The molecule has 2 heterocycles. The van der Waals surface area contributed by atoms with Gasteiger partial charge in [-0.05, 0) is 50.1 Å². The Balaban J connectivity index is 1.46. The zero-order chi connectivity index (χ0) is 19.8. The number of likely N-dealkylation sites (N-methyl/N-ethyl adjacent to an activating group) is 1. The average Bonchev–Trinajstić information content (AvgIpc) is 3.47. The number of amides is 1. The fourth-order valence-electron chi connectivity index (χ4n) is 4.16. The minimum Gasteiger partial charge on any atom is -0.372 e. The van der Waals surface area contributed by atoms with E-state index < -0.39 is 0 Å². The first kappa shape index (κ1) is 18.9. The van der Waals surface area contributed by atoms with Gasteiger partial charge in [-0.15, -0.1) is 0 Å². The monoisotopic (exact) mass is 383 g/mol. The lowest BCUT2D eigenvalue weighted by Gasteiger charge is -2.36. The van der Waals surface area contributed by atoms with Gasteiger partial charge in [0, 0.05) is 44.0 Å². The lowest BCUT2D eigenvalue weighted by Crippen LogP contribution is -2.45. The van der Waals surface area contributed by atoms with E-state index in [2.05, 4.69) is 23.7 Å². The number of rotatable bonds is 4. The molecule has 1 aromatic carbocycles. The molecule has 1 saturated heterocycles. The normalized spacial score (nSPS) is 26.8. The predicted molar refractivity (Wildman–Crippen MR) is 106 cm³/mol. The van der Waals surface area contributed by atoms with E-state index in [0.29, 0.717) is 5.69 Å². The van der Waals surface area contributed by atoms with Gasteiger partial charge in [0.2, 0.25) is 0 Å². The lowest BCUT2D eigenvalue weighted by molar-refractivity contribution is -0.00522. The van der Waals surface area contributed by atoms with Crippen LogP contribution in [0.2, 0.25) is 0 Å². The van der Waals surface area contributed by atoms with Gasteiger partial charge in [-0.2, -0.15) is 0 Å². The fraction of sp³-hybridized carbons (Fsp3) is 0.455. The Bertz CT molecular complexity index is 864. The van der Waals surface area contributed by atoms with Gasteiger partial charge in [0.1, 0.15) is 11.5 Å². The van der Waals surface area contributed by atoms with E-state index in [1.165, 1.54) is 6.07 Å².